The molecule has 1 heterocycles. The first kappa shape index (κ1) is 26.5. The third-order valence-electron chi connectivity index (χ3n) is 6.14. The summed E-state index contributed by atoms with van der Waals surface area (Å²) in [6.07, 6.45) is 0. The molecule has 0 aliphatic carbocycles. The Kier molecular flexibility index (Phi) is 7.67. The summed E-state index contributed by atoms with van der Waals surface area (Å²) in [5.41, 5.74) is 3.08. The van der Waals surface area contributed by atoms with Gasteiger partial charge < -0.3 is 10.2 Å². The predicted molar refractivity (Wildman–Crippen MR) is 150 cm³/mol. The van der Waals surface area contributed by atoms with Crippen LogP contribution in [-0.4, -0.2) is 30.9 Å². The fraction of sp³-hybridized carbons (Fsp3) is 0.103. The maximum absolute atomic E-state index is 13.1. The van der Waals surface area contributed by atoms with Crippen molar-refractivity contribution in [2.24, 2.45) is 0 Å². The zero-order valence-corrected chi connectivity index (χ0v) is 22.2. The molecule has 39 heavy (non-hydrogen) atoms. The number of benzene rings is 4. The summed E-state index contributed by atoms with van der Waals surface area (Å²) in [7, 11) is -3.88. The van der Waals surface area contributed by atoms with Crippen molar-refractivity contribution in [1.29, 1.82) is 0 Å². The Bertz CT molecular complexity index is 1580. The van der Waals surface area contributed by atoms with Crippen LogP contribution in [0.2, 0.25) is 0 Å². The molecular weight excluding hydrogens is 537 g/mol. The minimum absolute atomic E-state index is 0.00200. The fourth-order valence-corrected chi connectivity index (χ4v) is 6.38. The van der Waals surface area contributed by atoms with Gasteiger partial charge in [0, 0.05) is 23.5 Å². The molecule has 2 amide bonds. The molecule has 1 saturated heterocycles. The summed E-state index contributed by atoms with van der Waals surface area (Å²) in [5.74, 6) is -0.331. The van der Waals surface area contributed by atoms with Gasteiger partial charge in [-0.25, -0.2) is 12.8 Å². The quantitative estimate of drug-likeness (QED) is 0.290. The zero-order chi connectivity index (χ0) is 27.4. The third-order valence-corrected chi connectivity index (χ3v) is 8.79. The second-order valence-corrected chi connectivity index (χ2v) is 11.6. The lowest BCUT2D eigenvalue weighted by molar-refractivity contribution is -0.128. The molecule has 4 aromatic carbocycles. The second kappa shape index (κ2) is 11.3. The van der Waals surface area contributed by atoms with E-state index in [2.05, 4.69) is 10.0 Å². The Labute approximate surface area is 230 Å². The SMILES string of the molecule is O=C(Nc1ccc(S(=O)(=O)Nc2ccc(F)cc2)cc1)c1ccc([C@H]2SCC(=O)N2Cc2ccccc2)cc1. The van der Waals surface area contributed by atoms with E-state index in [1.54, 1.807) is 23.9 Å². The topological polar surface area (TPSA) is 95.6 Å². The molecule has 1 aliphatic rings. The Hall–Kier alpha value is -4.15. The van der Waals surface area contributed by atoms with Gasteiger partial charge in [-0.2, -0.15) is 0 Å². The maximum atomic E-state index is 13.1. The molecular formula is C29H24FN3O4S2. The second-order valence-electron chi connectivity index (χ2n) is 8.88. The minimum atomic E-state index is -3.88. The molecule has 2 N–H and O–H groups in total. The molecule has 7 nitrogen and oxygen atoms in total. The molecule has 10 heteroatoms. The van der Waals surface area contributed by atoms with Gasteiger partial charge in [0.15, 0.2) is 0 Å². The van der Waals surface area contributed by atoms with Crippen LogP contribution in [-0.2, 0) is 21.4 Å². The van der Waals surface area contributed by atoms with E-state index in [9.17, 15) is 22.4 Å². The lowest BCUT2D eigenvalue weighted by Crippen LogP contribution is -2.27. The standard InChI is InChI=1S/C29H24FN3O4S2/c30-23-10-12-25(13-11-23)32-39(36,37)26-16-14-24(15-17-26)31-28(35)21-6-8-22(9-7-21)29-33(27(34)19-38-29)18-20-4-2-1-3-5-20/h1-17,29,32H,18-19H2,(H,31,35)/t29-/m1/s1. The Morgan fingerprint density at radius 2 is 1.51 bits per heavy atom. The van der Waals surface area contributed by atoms with Gasteiger partial charge in [-0.3, -0.25) is 14.3 Å². The number of hydrogen-bond acceptors (Lipinski definition) is 5. The van der Waals surface area contributed by atoms with Crippen LogP contribution in [0.15, 0.2) is 108 Å². The predicted octanol–water partition coefficient (Wildman–Crippen LogP) is 5.65. The lowest BCUT2D eigenvalue weighted by atomic mass is 10.1. The summed E-state index contributed by atoms with van der Waals surface area (Å²) in [6.45, 7) is 0.519. The highest BCUT2D eigenvalue weighted by molar-refractivity contribution is 8.00. The number of carbonyl (C=O) groups is 2. The van der Waals surface area contributed by atoms with E-state index in [-0.39, 0.29) is 27.8 Å². The smallest absolute Gasteiger partial charge is 0.261 e. The molecule has 5 rings (SSSR count). The number of halogens is 1. The van der Waals surface area contributed by atoms with E-state index < -0.39 is 15.8 Å². The van der Waals surface area contributed by atoms with E-state index in [0.717, 1.165) is 23.3 Å². The van der Waals surface area contributed by atoms with Crippen LogP contribution in [0.3, 0.4) is 0 Å². The van der Waals surface area contributed by atoms with Crippen molar-refractivity contribution >= 4 is 45.0 Å². The molecule has 0 bridgehead atoms. The molecule has 0 unspecified atom stereocenters. The van der Waals surface area contributed by atoms with Gasteiger partial charge in [0.05, 0.1) is 10.6 Å². The molecule has 0 radical (unpaired) electrons. The minimum Gasteiger partial charge on any atom is -0.322 e. The zero-order valence-electron chi connectivity index (χ0n) is 20.6. The first-order chi connectivity index (χ1) is 18.8. The summed E-state index contributed by atoms with van der Waals surface area (Å²) in [4.78, 5) is 27.2. The monoisotopic (exact) mass is 561 g/mol. The van der Waals surface area contributed by atoms with Crippen LogP contribution in [0.4, 0.5) is 15.8 Å². The van der Waals surface area contributed by atoms with Crippen molar-refractivity contribution in [2.45, 2.75) is 16.8 Å². The summed E-state index contributed by atoms with van der Waals surface area (Å²) in [6, 6.07) is 27.7. The van der Waals surface area contributed by atoms with Crippen molar-refractivity contribution in [3.63, 3.8) is 0 Å². The third kappa shape index (κ3) is 6.30. The average molecular weight is 562 g/mol. The molecule has 198 valence electrons. The summed E-state index contributed by atoms with van der Waals surface area (Å²) < 4.78 is 40.7. The van der Waals surface area contributed by atoms with Gasteiger partial charge >= 0.3 is 0 Å². The van der Waals surface area contributed by atoms with Gasteiger partial charge in [0.1, 0.15) is 11.2 Å². The first-order valence-electron chi connectivity index (χ1n) is 12.0. The average Bonchev–Trinajstić information content (AvgIpc) is 3.30. The van der Waals surface area contributed by atoms with Crippen LogP contribution in [0.5, 0.6) is 0 Å². The number of carbonyl (C=O) groups excluding carboxylic acids is 2. The van der Waals surface area contributed by atoms with E-state index in [0.29, 0.717) is 23.5 Å². The maximum Gasteiger partial charge on any atom is 0.261 e. The largest absolute Gasteiger partial charge is 0.322 e. The highest BCUT2D eigenvalue weighted by Gasteiger charge is 2.32. The molecule has 4 aromatic rings. The Balaban J connectivity index is 1.22. The van der Waals surface area contributed by atoms with Gasteiger partial charge in [-0.05, 0) is 71.8 Å². The number of amides is 2. The Morgan fingerprint density at radius 3 is 2.18 bits per heavy atom. The van der Waals surface area contributed by atoms with E-state index in [4.69, 9.17) is 0 Å². The van der Waals surface area contributed by atoms with Crippen molar-refractivity contribution in [3.8, 4) is 0 Å². The highest BCUT2D eigenvalue weighted by Crippen LogP contribution is 2.39. The first-order valence-corrected chi connectivity index (χ1v) is 14.6. The normalized spacial score (nSPS) is 15.3. The molecule has 0 spiro atoms. The van der Waals surface area contributed by atoms with Crippen LogP contribution < -0.4 is 10.0 Å². The van der Waals surface area contributed by atoms with Crippen LogP contribution in [0.1, 0.15) is 26.9 Å². The van der Waals surface area contributed by atoms with E-state index in [1.807, 2.05) is 47.4 Å². The van der Waals surface area contributed by atoms with Crippen LogP contribution in [0.25, 0.3) is 0 Å². The number of nitrogens with zero attached hydrogens (tertiary/aromatic N) is 1. The molecule has 0 aromatic heterocycles. The Morgan fingerprint density at radius 1 is 0.872 bits per heavy atom. The summed E-state index contributed by atoms with van der Waals surface area (Å²) >= 11 is 1.56. The van der Waals surface area contributed by atoms with E-state index >= 15 is 0 Å². The number of nitrogens with one attached hydrogen (secondary N) is 2. The molecule has 1 aliphatic heterocycles. The fourth-order valence-electron chi connectivity index (χ4n) is 4.13. The van der Waals surface area contributed by atoms with Crippen molar-refractivity contribution in [3.05, 3.63) is 126 Å². The number of sulfonamides is 1. The molecule has 0 saturated carbocycles. The number of rotatable bonds is 8. The van der Waals surface area contributed by atoms with Gasteiger partial charge in [0.2, 0.25) is 5.91 Å². The lowest BCUT2D eigenvalue weighted by Gasteiger charge is -2.24. The number of thioether (sulfide) groups is 1. The van der Waals surface area contributed by atoms with Crippen molar-refractivity contribution in [1.82, 2.24) is 4.90 Å². The van der Waals surface area contributed by atoms with Crippen LogP contribution >= 0.6 is 11.8 Å². The van der Waals surface area contributed by atoms with Crippen LogP contribution in [0, 0.1) is 5.82 Å². The van der Waals surface area contributed by atoms with Gasteiger partial charge in [-0.1, -0.05) is 42.5 Å². The molecule has 1 atom stereocenters. The molecule has 1 fully saturated rings. The van der Waals surface area contributed by atoms with E-state index in [1.165, 1.54) is 36.4 Å². The van der Waals surface area contributed by atoms with Gasteiger partial charge in [-0.15, -0.1) is 11.8 Å². The number of anilines is 2. The van der Waals surface area contributed by atoms with Crippen molar-refractivity contribution in [2.75, 3.05) is 15.8 Å². The van der Waals surface area contributed by atoms with Gasteiger partial charge in [0.25, 0.3) is 15.9 Å². The summed E-state index contributed by atoms with van der Waals surface area (Å²) in [5, 5.41) is 2.63. The highest BCUT2D eigenvalue weighted by atomic mass is 32.2. The number of hydrogen-bond donors (Lipinski definition) is 2. The van der Waals surface area contributed by atoms with Crippen molar-refractivity contribution < 1.29 is 22.4 Å².